The number of hydrogen-bond acceptors (Lipinski definition) is 1. The lowest BCUT2D eigenvalue weighted by Gasteiger charge is -2.20. The van der Waals surface area contributed by atoms with Crippen molar-refractivity contribution in [2.45, 2.75) is 65.7 Å². The van der Waals surface area contributed by atoms with E-state index in [-0.39, 0.29) is 0 Å². The summed E-state index contributed by atoms with van der Waals surface area (Å²) in [4.78, 5) is 2.62. The molecule has 86 valence electrons. The third-order valence-electron chi connectivity index (χ3n) is 2.66. The van der Waals surface area contributed by atoms with Crippen molar-refractivity contribution in [1.82, 2.24) is 4.90 Å². The number of nitrogens with zero attached hydrogens (tertiary/aromatic N) is 1. The maximum Gasteiger partial charge on any atom is -0.00187 e. The summed E-state index contributed by atoms with van der Waals surface area (Å²) >= 11 is 0. The average Bonchev–Trinajstić information content (AvgIpc) is 2.18. The molecule has 1 heteroatoms. The first-order chi connectivity index (χ1) is 6.85. The van der Waals surface area contributed by atoms with Crippen LogP contribution in [0.25, 0.3) is 0 Å². The van der Waals surface area contributed by atoms with E-state index in [1.807, 2.05) is 0 Å². The van der Waals surface area contributed by atoms with Crippen LogP contribution in [0.5, 0.6) is 0 Å². The van der Waals surface area contributed by atoms with E-state index in [1.165, 1.54) is 64.6 Å². The second-order valence-corrected chi connectivity index (χ2v) is 4.26. The predicted octanol–water partition coefficient (Wildman–Crippen LogP) is 4.08. The van der Waals surface area contributed by atoms with Gasteiger partial charge in [0.15, 0.2) is 0 Å². The van der Waals surface area contributed by atoms with E-state index in [0.717, 1.165) is 0 Å². The Balaban J connectivity index is 3.30. The maximum absolute atomic E-state index is 2.62. The molecular weight excluding hydrogens is 170 g/mol. The summed E-state index contributed by atoms with van der Waals surface area (Å²) in [6.45, 7) is 10.7. The summed E-state index contributed by atoms with van der Waals surface area (Å²) in [6, 6.07) is 0. The van der Waals surface area contributed by atoms with Crippen molar-refractivity contribution in [2.24, 2.45) is 0 Å². The minimum atomic E-state index is 1.29. The Morgan fingerprint density at radius 2 is 1.14 bits per heavy atom. The molecule has 0 saturated heterocycles. The average molecular weight is 199 g/mol. The van der Waals surface area contributed by atoms with Crippen LogP contribution in [-0.4, -0.2) is 24.5 Å². The zero-order chi connectivity index (χ0) is 10.6. The lowest BCUT2D eigenvalue weighted by atomic mass is 10.1. The Labute approximate surface area is 90.9 Å². The predicted molar refractivity (Wildman–Crippen MR) is 65.8 cm³/mol. The van der Waals surface area contributed by atoms with Crippen molar-refractivity contribution in [1.29, 1.82) is 0 Å². The van der Waals surface area contributed by atoms with Gasteiger partial charge >= 0.3 is 0 Å². The monoisotopic (exact) mass is 199 g/mol. The Bertz CT molecular complexity index is 95.4. The van der Waals surface area contributed by atoms with E-state index in [4.69, 9.17) is 0 Å². The Morgan fingerprint density at radius 1 is 0.571 bits per heavy atom. The second-order valence-electron chi connectivity index (χ2n) is 4.26. The van der Waals surface area contributed by atoms with Gasteiger partial charge in [0.1, 0.15) is 0 Å². The van der Waals surface area contributed by atoms with Gasteiger partial charge in [0.2, 0.25) is 0 Å². The van der Waals surface area contributed by atoms with Gasteiger partial charge in [0.25, 0.3) is 0 Å². The van der Waals surface area contributed by atoms with Gasteiger partial charge in [-0.1, -0.05) is 46.5 Å². The van der Waals surface area contributed by atoms with Crippen LogP contribution in [0.2, 0.25) is 0 Å². The second kappa shape index (κ2) is 11.0. The first kappa shape index (κ1) is 14.0. The normalized spacial score (nSPS) is 11.1. The summed E-state index contributed by atoms with van der Waals surface area (Å²) in [6.07, 6.45) is 9.64. The highest BCUT2D eigenvalue weighted by atomic mass is 15.1. The van der Waals surface area contributed by atoms with Crippen LogP contribution in [0.4, 0.5) is 0 Å². The van der Waals surface area contributed by atoms with Gasteiger partial charge in [-0.2, -0.15) is 0 Å². The molecule has 0 rings (SSSR count). The van der Waals surface area contributed by atoms with Crippen LogP contribution in [0, 0.1) is 0 Å². The van der Waals surface area contributed by atoms with Gasteiger partial charge in [0.05, 0.1) is 0 Å². The maximum atomic E-state index is 2.62. The summed E-state index contributed by atoms with van der Waals surface area (Å²) < 4.78 is 0. The topological polar surface area (TPSA) is 3.24 Å². The van der Waals surface area contributed by atoms with Crippen LogP contribution < -0.4 is 0 Å². The summed E-state index contributed by atoms with van der Waals surface area (Å²) in [5.41, 5.74) is 0. The smallest absolute Gasteiger partial charge is 0.00187 e. The Morgan fingerprint density at radius 3 is 1.64 bits per heavy atom. The van der Waals surface area contributed by atoms with Crippen LogP contribution in [0.15, 0.2) is 0 Å². The Kier molecular flexibility index (Phi) is 11.0. The molecule has 0 heterocycles. The molecule has 1 nitrogen and oxygen atoms in total. The standard InChI is InChI=1S/C13H29N/c1-4-7-8-9-10-13-14(11-5-2)12-6-3/h4-13H2,1-3H3. The van der Waals surface area contributed by atoms with E-state index < -0.39 is 0 Å². The van der Waals surface area contributed by atoms with Gasteiger partial charge in [0, 0.05) is 0 Å². The molecule has 0 atom stereocenters. The van der Waals surface area contributed by atoms with Crippen molar-refractivity contribution < 1.29 is 0 Å². The first-order valence-electron chi connectivity index (χ1n) is 6.57. The zero-order valence-corrected chi connectivity index (χ0v) is 10.5. The molecule has 0 saturated carbocycles. The fourth-order valence-electron chi connectivity index (χ4n) is 1.91. The van der Waals surface area contributed by atoms with Gasteiger partial charge in [-0.05, 0) is 38.9 Å². The van der Waals surface area contributed by atoms with Crippen LogP contribution in [0.3, 0.4) is 0 Å². The molecule has 0 spiro atoms. The summed E-state index contributed by atoms with van der Waals surface area (Å²) in [5, 5.41) is 0. The molecule has 0 unspecified atom stereocenters. The van der Waals surface area contributed by atoms with E-state index in [9.17, 15) is 0 Å². The molecule has 0 aromatic rings. The highest BCUT2D eigenvalue weighted by Gasteiger charge is 2.00. The fourth-order valence-corrected chi connectivity index (χ4v) is 1.91. The molecule has 0 amide bonds. The third-order valence-corrected chi connectivity index (χ3v) is 2.66. The van der Waals surface area contributed by atoms with E-state index in [2.05, 4.69) is 25.7 Å². The quantitative estimate of drug-likeness (QED) is 0.479. The fraction of sp³-hybridized carbons (Fsp3) is 1.00. The molecule has 0 bridgehead atoms. The van der Waals surface area contributed by atoms with E-state index in [1.54, 1.807) is 0 Å². The largest absolute Gasteiger partial charge is 0.303 e. The molecule has 0 aromatic heterocycles. The van der Waals surface area contributed by atoms with Crippen LogP contribution in [-0.2, 0) is 0 Å². The molecule has 0 radical (unpaired) electrons. The van der Waals surface area contributed by atoms with Crippen molar-refractivity contribution in [3.63, 3.8) is 0 Å². The number of rotatable bonds is 10. The molecule has 0 aromatic carbocycles. The summed E-state index contributed by atoms with van der Waals surface area (Å²) in [5.74, 6) is 0. The third kappa shape index (κ3) is 8.55. The SMILES string of the molecule is CCCCCCCN(CCC)CCC. The minimum absolute atomic E-state index is 1.29. The highest BCUT2D eigenvalue weighted by molar-refractivity contribution is 4.56. The van der Waals surface area contributed by atoms with E-state index in [0.29, 0.717) is 0 Å². The highest BCUT2D eigenvalue weighted by Crippen LogP contribution is 2.04. The van der Waals surface area contributed by atoms with E-state index >= 15 is 0 Å². The molecule has 14 heavy (non-hydrogen) atoms. The van der Waals surface area contributed by atoms with Crippen LogP contribution in [0.1, 0.15) is 65.7 Å². The molecule has 0 aliphatic rings. The molecular formula is C13H29N. The van der Waals surface area contributed by atoms with Crippen molar-refractivity contribution in [3.05, 3.63) is 0 Å². The van der Waals surface area contributed by atoms with Crippen molar-refractivity contribution in [2.75, 3.05) is 19.6 Å². The minimum Gasteiger partial charge on any atom is -0.303 e. The Hall–Kier alpha value is -0.0400. The van der Waals surface area contributed by atoms with Crippen LogP contribution >= 0.6 is 0 Å². The number of hydrogen-bond donors (Lipinski definition) is 0. The van der Waals surface area contributed by atoms with Gasteiger partial charge in [-0.25, -0.2) is 0 Å². The lowest BCUT2D eigenvalue weighted by molar-refractivity contribution is 0.268. The van der Waals surface area contributed by atoms with Gasteiger partial charge < -0.3 is 4.90 Å². The zero-order valence-electron chi connectivity index (χ0n) is 10.5. The summed E-state index contributed by atoms with van der Waals surface area (Å²) in [7, 11) is 0. The van der Waals surface area contributed by atoms with Gasteiger partial charge in [-0.3, -0.25) is 0 Å². The van der Waals surface area contributed by atoms with Gasteiger partial charge in [-0.15, -0.1) is 0 Å². The van der Waals surface area contributed by atoms with Crippen molar-refractivity contribution >= 4 is 0 Å². The molecule has 0 aliphatic carbocycles. The van der Waals surface area contributed by atoms with Crippen molar-refractivity contribution in [3.8, 4) is 0 Å². The first-order valence-corrected chi connectivity index (χ1v) is 6.57. The molecule has 0 fully saturated rings. The lowest BCUT2D eigenvalue weighted by Crippen LogP contribution is -2.26. The number of unbranched alkanes of at least 4 members (excludes halogenated alkanes) is 4. The molecule has 0 N–H and O–H groups in total. The molecule has 0 aliphatic heterocycles.